The zero-order valence-corrected chi connectivity index (χ0v) is 12.8. The second-order valence-electron chi connectivity index (χ2n) is 4.11. The summed E-state index contributed by atoms with van der Waals surface area (Å²) >= 11 is 9.39. The Hall–Kier alpha value is -0.580. The van der Waals surface area contributed by atoms with Crippen molar-refractivity contribution < 1.29 is 9.53 Å². The van der Waals surface area contributed by atoms with Crippen LogP contribution in [0.3, 0.4) is 0 Å². The minimum Gasteiger partial charge on any atom is -0.384 e. The van der Waals surface area contributed by atoms with Gasteiger partial charge in [0.05, 0.1) is 6.61 Å². The van der Waals surface area contributed by atoms with Gasteiger partial charge in [-0.2, -0.15) is 0 Å². The maximum Gasteiger partial charge on any atom is 0.251 e. The van der Waals surface area contributed by atoms with E-state index < -0.39 is 0 Å². The summed E-state index contributed by atoms with van der Waals surface area (Å²) in [5, 5.41) is 3.44. The molecule has 0 fully saturated rings. The predicted molar refractivity (Wildman–Crippen MR) is 77.7 cm³/mol. The van der Waals surface area contributed by atoms with Crippen molar-refractivity contribution in [2.45, 2.75) is 18.2 Å². The van der Waals surface area contributed by atoms with Crippen LogP contribution in [0.5, 0.6) is 0 Å². The molecule has 0 saturated heterocycles. The number of carbonyl (C=O) groups is 1. The van der Waals surface area contributed by atoms with E-state index in [1.54, 1.807) is 13.2 Å². The van der Waals surface area contributed by atoms with Gasteiger partial charge >= 0.3 is 0 Å². The highest BCUT2D eigenvalue weighted by molar-refractivity contribution is 9.09. The normalized spacial score (nSPS) is 12.2. The van der Waals surface area contributed by atoms with Crippen LogP contribution in [0.4, 0.5) is 0 Å². The van der Waals surface area contributed by atoms with Gasteiger partial charge in [-0.15, -0.1) is 0 Å². The van der Waals surface area contributed by atoms with Gasteiger partial charge in [-0.1, -0.05) is 27.5 Å². The fourth-order valence-electron chi connectivity index (χ4n) is 1.58. The zero-order chi connectivity index (χ0) is 13.5. The fraction of sp³-hybridized carbons (Fsp3) is 0.462. The van der Waals surface area contributed by atoms with Gasteiger partial charge in [-0.3, -0.25) is 4.79 Å². The molecule has 1 aromatic rings. The van der Waals surface area contributed by atoms with E-state index in [-0.39, 0.29) is 10.7 Å². The molecule has 0 heterocycles. The molecule has 1 unspecified atom stereocenters. The lowest BCUT2D eigenvalue weighted by Crippen LogP contribution is -2.27. The average molecular weight is 335 g/mol. The number of rotatable bonds is 6. The highest BCUT2D eigenvalue weighted by atomic mass is 79.9. The number of halogens is 2. The molecule has 1 rings (SSSR count). The van der Waals surface area contributed by atoms with Crippen LogP contribution in [0, 0.1) is 6.92 Å². The van der Waals surface area contributed by atoms with Crippen LogP contribution in [-0.2, 0) is 4.74 Å². The van der Waals surface area contributed by atoms with E-state index in [1.165, 1.54) is 0 Å². The summed E-state index contributed by atoms with van der Waals surface area (Å²) < 4.78 is 5.00. The van der Waals surface area contributed by atoms with Crippen LogP contribution >= 0.6 is 27.5 Å². The van der Waals surface area contributed by atoms with Gasteiger partial charge in [0, 0.05) is 29.1 Å². The van der Waals surface area contributed by atoms with Crippen molar-refractivity contribution in [3.63, 3.8) is 0 Å². The number of alkyl halides is 1. The predicted octanol–water partition coefficient (Wildman–Crippen LogP) is 3.18. The number of carbonyl (C=O) groups excluding carboxylic acids is 1. The smallest absolute Gasteiger partial charge is 0.251 e. The Bertz CT molecular complexity index is 392. The van der Waals surface area contributed by atoms with Crippen LogP contribution < -0.4 is 5.32 Å². The van der Waals surface area contributed by atoms with Crippen LogP contribution in [0.15, 0.2) is 18.2 Å². The molecule has 0 bridgehead atoms. The molecule has 1 amide bonds. The number of aryl methyl sites for hydroxylation is 1. The molecule has 1 atom stereocenters. The quantitative estimate of drug-likeness (QED) is 0.812. The first-order chi connectivity index (χ1) is 8.52. The van der Waals surface area contributed by atoms with Gasteiger partial charge in [0.1, 0.15) is 0 Å². The fourth-order valence-corrected chi connectivity index (χ4v) is 2.36. The largest absolute Gasteiger partial charge is 0.384 e. The Morgan fingerprint density at radius 3 is 2.83 bits per heavy atom. The van der Waals surface area contributed by atoms with E-state index in [0.29, 0.717) is 23.7 Å². The minimum absolute atomic E-state index is 0.0993. The van der Waals surface area contributed by atoms with Crippen molar-refractivity contribution in [1.29, 1.82) is 0 Å². The topological polar surface area (TPSA) is 38.3 Å². The second kappa shape index (κ2) is 7.77. The average Bonchev–Trinajstić information content (AvgIpc) is 2.27. The van der Waals surface area contributed by atoms with Gasteiger partial charge < -0.3 is 10.1 Å². The molecule has 18 heavy (non-hydrogen) atoms. The Labute approximate surface area is 121 Å². The molecule has 5 heteroatoms. The van der Waals surface area contributed by atoms with E-state index in [1.807, 2.05) is 19.1 Å². The van der Waals surface area contributed by atoms with E-state index in [2.05, 4.69) is 21.2 Å². The molecule has 0 spiro atoms. The van der Waals surface area contributed by atoms with Crippen LogP contribution in [-0.4, -0.2) is 31.0 Å². The number of nitrogens with one attached hydrogen (secondary N) is 1. The Morgan fingerprint density at radius 2 is 2.22 bits per heavy atom. The Balaban J connectivity index is 2.45. The van der Waals surface area contributed by atoms with Crippen LogP contribution in [0.25, 0.3) is 0 Å². The van der Waals surface area contributed by atoms with Gasteiger partial charge in [-0.05, 0) is 37.1 Å². The van der Waals surface area contributed by atoms with E-state index in [0.717, 1.165) is 12.0 Å². The number of amides is 1. The first kappa shape index (κ1) is 15.5. The van der Waals surface area contributed by atoms with Crippen molar-refractivity contribution >= 4 is 33.4 Å². The standard InChI is InChI=1S/C13H17BrClNO2/c1-9-5-10(7-12(15)6-9)13(17)16-4-3-11(14)8-18-2/h5-7,11H,3-4,8H2,1-2H3,(H,16,17). The second-order valence-corrected chi connectivity index (χ2v) is 5.85. The first-order valence-corrected chi connectivity index (χ1v) is 7.00. The number of hydrogen-bond acceptors (Lipinski definition) is 2. The maximum atomic E-state index is 11.9. The number of ether oxygens (including phenoxy) is 1. The molecule has 100 valence electrons. The van der Waals surface area contributed by atoms with Crippen molar-refractivity contribution in [2.24, 2.45) is 0 Å². The minimum atomic E-state index is -0.0993. The molecular weight excluding hydrogens is 318 g/mol. The molecule has 0 aliphatic heterocycles. The van der Waals surface area contributed by atoms with E-state index >= 15 is 0 Å². The van der Waals surface area contributed by atoms with Crippen LogP contribution in [0.2, 0.25) is 5.02 Å². The van der Waals surface area contributed by atoms with Gasteiger partial charge in [0.25, 0.3) is 5.91 Å². The monoisotopic (exact) mass is 333 g/mol. The summed E-state index contributed by atoms with van der Waals surface area (Å²) in [4.78, 5) is 12.1. The van der Waals surface area contributed by atoms with Gasteiger partial charge in [-0.25, -0.2) is 0 Å². The molecule has 1 aromatic carbocycles. The number of methoxy groups -OCH3 is 1. The van der Waals surface area contributed by atoms with Gasteiger partial charge in [0.2, 0.25) is 0 Å². The third-order valence-electron chi connectivity index (χ3n) is 2.39. The van der Waals surface area contributed by atoms with E-state index in [4.69, 9.17) is 16.3 Å². The summed E-state index contributed by atoms with van der Waals surface area (Å²) in [5.41, 5.74) is 1.57. The van der Waals surface area contributed by atoms with Crippen LogP contribution in [0.1, 0.15) is 22.3 Å². The van der Waals surface area contributed by atoms with Crippen molar-refractivity contribution in [3.8, 4) is 0 Å². The molecule has 0 radical (unpaired) electrons. The third kappa shape index (κ3) is 5.38. The molecule has 3 nitrogen and oxygen atoms in total. The lowest BCUT2D eigenvalue weighted by atomic mass is 10.1. The first-order valence-electron chi connectivity index (χ1n) is 5.71. The molecule has 0 aromatic heterocycles. The molecular formula is C13H17BrClNO2. The summed E-state index contributed by atoms with van der Waals surface area (Å²) in [6, 6.07) is 5.32. The highest BCUT2D eigenvalue weighted by Crippen LogP contribution is 2.14. The van der Waals surface area contributed by atoms with Crippen molar-refractivity contribution in [1.82, 2.24) is 5.32 Å². The SMILES string of the molecule is COCC(Br)CCNC(=O)c1cc(C)cc(Cl)c1. The lowest BCUT2D eigenvalue weighted by Gasteiger charge is -2.10. The van der Waals surface area contributed by atoms with Crippen molar-refractivity contribution in [2.75, 3.05) is 20.3 Å². The Kier molecular flexibility index (Phi) is 6.68. The lowest BCUT2D eigenvalue weighted by molar-refractivity contribution is 0.0952. The Morgan fingerprint density at radius 1 is 1.50 bits per heavy atom. The zero-order valence-electron chi connectivity index (χ0n) is 10.5. The maximum absolute atomic E-state index is 11.9. The molecule has 0 saturated carbocycles. The van der Waals surface area contributed by atoms with E-state index in [9.17, 15) is 4.79 Å². The summed E-state index contributed by atoms with van der Waals surface area (Å²) in [5.74, 6) is -0.0993. The molecule has 1 N–H and O–H groups in total. The summed E-state index contributed by atoms with van der Waals surface area (Å²) in [6.45, 7) is 3.14. The third-order valence-corrected chi connectivity index (χ3v) is 3.34. The molecule has 0 aliphatic carbocycles. The number of hydrogen-bond donors (Lipinski definition) is 1. The summed E-state index contributed by atoms with van der Waals surface area (Å²) in [6.07, 6.45) is 0.819. The summed E-state index contributed by atoms with van der Waals surface area (Å²) in [7, 11) is 1.65. The molecule has 0 aliphatic rings. The van der Waals surface area contributed by atoms with Crippen molar-refractivity contribution in [3.05, 3.63) is 34.3 Å². The van der Waals surface area contributed by atoms with Gasteiger partial charge in [0.15, 0.2) is 0 Å². The number of benzene rings is 1. The highest BCUT2D eigenvalue weighted by Gasteiger charge is 2.08.